The Morgan fingerprint density at radius 3 is 2.70 bits per heavy atom. The van der Waals surface area contributed by atoms with Crippen molar-refractivity contribution in [1.29, 1.82) is 0 Å². The number of methoxy groups -OCH3 is 1. The molecule has 1 atom stereocenters. The normalized spacial score (nSPS) is 12.1. The fraction of sp³-hybridized carbons (Fsp3) is 0.300. The summed E-state index contributed by atoms with van der Waals surface area (Å²) >= 11 is 0. The van der Waals surface area contributed by atoms with E-state index in [-0.39, 0.29) is 18.5 Å². The Hall–Kier alpha value is -3.06. The maximum absolute atomic E-state index is 12.4. The number of fused-ring (bicyclic) bond motifs is 1. The van der Waals surface area contributed by atoms with Gasteiger partial charge in [-0.2, -0.15) is 0 Å². The van der Waals surface area contributed by atoms with Gasteiger partial charge < -0.3 is 24.0 Å². The standard InChI is InChI=1S/C20H21NO6/c1-11-9-14(12(2)26-11)16(22)7-8-21-19(23)15-10-13-5-4-6-17(25-3)18(13)27-20(15)24/h4-6,9-10,16,22H,7-8H2,1-3H3,(H,21,23). The third kappa shape index (κ3) is 3.88. The molecule has 0 fully saturated rings. The van der Waals surface area contributed by atoms with E-state index in [1.165, 1.54) is 13.2 Å². The van der Waals surface area contributed by atoms with Crippen LogP contribution in [0.25, 0.3) is 11.0 Å². The van der Waals surface area contributed by atoms with E-state index < -0.39 is 17.6 Å². The van der Waals surface area contributed by atoms with Gasteiger partial charge in [0.1, 0.15) is 17.1 Å². The van der Waals surface area contributed by atoms with Gasteiger partial charge in [-0.25, -0.2) is 4.79 Å². The predicted octanol–water partition coefficient (Wildman–Crippen LogP) is 2.86. The van der Waals surface area contributed by atoms with Crippen LogP contribution in [0, 0.1) is 13.8 Å². The largest absolute Gasteiger partial charge is 0.493 e. The molecule has 0 bridgehead atoms. The van der Waals surface area contributed by atoms with Crippen molar-refractivity contribution in [3.8, 4) is 5.75 Å². The van der Waals surface area contributed by atoms with E-state index in [9.17, 15) is 14.7 Å². The van der Waals surface area contributed by atoms with Crippen molar-refractivity contribution in [2.45, 2.75) is 26.4 Å². The number of ether oxygens (including phenoxy) is 1. The van der Waals surface area contributed by atoms with Crippen LogP contribution in [0.1, 0.15) is 40.0 Å². The van der Waals surface area contributed by atoms with E-state index in [2.05, 4.69) is 5.32 Å². The number of hydrogen-bond donors (Lipinski definition) is 2. The summed E-state index contributed by atoms with van der Waals surface area (Å²) in [5.41, 5.74) is 0.147. The lowest BCUT2D eigenvalue weighted by Crippen LogP contribution is -2.29. The van der Waals surface area contributed by atoms with Gasteiger partial charge in [-0.05, 0) is 38.5 Å². The number of nitrogens with one attached hydrogen (secondary N) is 1. The van der Waals surface area contributed by atoms with Crippen LogP contribution < -0.4 is 15.7 Å². The lowest BCUT2D eigenvalue weighted by atomic mass is 10.1. The monoisotopic (exact) mass is 371 g/mol. The number of amides is 1. The van der Waals surface area contributed by atoms with Gasteiger partial charge in [0.25, 0.3) is 5.91 Å². The van der Waals surface area contributed by atoms with Crippen molar-refractivity contribution in [2.75, 3.05) is 13.7 Å². The van der Waals surface area contributed by atoms with Gasteiger partial charge in [0.05, 0.1) is 13.2 Å². The summed E-state index contributed by atoms with van der Waals surface area (Å²) in [6.45, 7) is 3.77. The Labute approximate surface area is 155 Å². The third-order valence-corrected chi connectivity index (χ3v) is 4.33. The SMILES string of the molecule is COc1cccc2cc(C(=O)NCCC(O)c3cc(C)oc3C)c(=O)oc12. The van der Waals surface area contributed by atoms with Crippen molar-refractivity contribution >= 4 is 16.9 Å². The fourth-order valence-corrected chi connectivity index (χ4v) is 2.99. The maximum Gasteiger partial charge on any atom is 0.349 e. The van der Waals surface area contributed by atoms with E-state index in [1.54, 1.807) is 38.1 Å². The van der Waals surface area contributed by atoms with Gasteiger partial charge >= 0.3 is 5.63 Å². The molecule has 0 spiro atoms. The van der Waals surface area contributed by atoms with Crippen molar-refractivity contribution < 1.29 is 23.5 Å². The van der Waals surface area contributed by atoms with E-state index in [4.69, 9.17) is 13.6 Å². The Morgan fingerprint density at radius 1 is 1.26 bits per heavy atom. The molecule has 3 rings (SSSR count). The minimum atomic E-state index is -0.764. The highest BCUT2D eigenvalue weighted by Gasteiger charge is 2.17. The molecule has 7 nitrogen and oxygen atoms in total. The molecule has 1 aromatic carbocycles. The molecule has 7 heteroatoms. The number of benzene rings is 1. The molecule has 2 N–H and O–H groups in total. The smallest absolute Gasteiger partial charge is 0.349 e. The quantitative estimate of drug-likeness (QED) is 0.646. The number of rotatable bonds is 6. The van der Waals surface area contributed by atoms with Gasteiger partial charge in [0.2, 0.25) is 0 Å². The van der Waals surface area contributed by atoms with Crippen molar-refractivity contribution in [1.82, 2.24) is 5.32 Å². The second-order valence-electron chi connectivity index (χ2n) is 6.26. The zero-order chi connectivity index (χ0) is 19.6. The summed E-state index contributed by atoms with van der Waals surface area (Å²) < 4.78 is 15.8. The number of hydrogen-bond acceptors (Lipinski definition) is 6. The molecule has 3 aromatic rings. The van der Waals surface area contributed by atoms with Crippen LogP contribution in [0.4, 0.5) is 0 Å². The average molecular weight is 371 g/mol. The Kier molecular flexibility index (Phi) is 5.32. The summed E-state index contributed by atoms with van der Waals surface area (Å²) in [5.74, 6) is 1.23. The second-order valence-corrected chi connectivity index (χ2v) is 6.26. The van der Waals surface area contributed by atoms with Gasteiger partial charge in [-0.1, -0.05) is 12.1 Å². The van der Waals surface area contributed by atoms with Crippen LogP contribution in [0.2, 0.25) is 0 Å². The molecule has 2 aromatic heterocycles. The molecule has 0 aliphatic rings. The second kappa shape index (κ2) is 7.67. The Balaban J connectivity index is 1.70. The van der Waals surface area contributed by atoms with Crippen molar-refractivity contribution in [3.05, 3.63) is 63.4 Å². The van der Waals surface area contributed by atoms with E-state index in [0.29, 0.717) is 28.0 Å². The molecule has 1 amide bonds. The first-order valence-electron chi connectivity index (χ1n) is 8.54. The highest BCUT2D eigenvalue weighted by atomic mass is 16.5. The molecule has 1 unspecified atom stereocenters. The summed E-state index contributed by atoms with van der Waals surface area (Å²) in [6, 6.07) is 8.39. The summed E-state index contributed by atoms with van der Waals surface area (Å²) in [6.07, 6.45) is -0.474. The number of carbonyl (C=O) groups excluding carboxylic acids is 1. The molecule has 27 heavy (non-hydrogen) atoms. The van der Waals surface area contributed by atoms with Gasteiger partial charge in [-0.3, -0.25) is 4.79 Å². The zero-order valence-electron chi connectivity index (χ0n) is 15.4. The number of aliphatic hydroxyl groups is 1. The molecule has 0 aliphatic carbocycles. The molecule has 0 aliphatic heterocycles. The van der Waals surface area contributed by atoms with Crippen LogP contribution in [-0.2, 0) is 0 Å². The first kappa shape index (κ1) is 18.7. The van der Waals surface area contributed by atoms with Crippen LogP contribution >= 0.6 is 0 Å². The first-order chi connectivity index (χ1) is 12.9. The molecule has 0 saturated carbocycles. The first-order valence-corrected chi connectivity index (χ1v) is 8.54. The van der Waals surface area contributed by atoms with Crippen LogP contribution in [0.3, 0.4) is 0 Å². The Morgan fingerprint density at radius 2 is 2.04 bits per heavy atom. The summed E-state index contributed by atoms with van der Waals surface area (Å²) in [5, 5.41) is 13.5. The van der Waals surface area contributed by atoms with Gasteiger partial charge in [0, 0.05) is 17.5 Å². The van der Waals surface area contributed by atoms with Gasteiger partial charge in [0.15, 0.2) is 11.3 Å². The predicted molar refractivity (Wildman–Crippen MR) is 99.1 cm³/mol. The van der Waals surface area contributed by atoms with Crippen molar-refractivity contribution in [2.24, 2.45) is 0 Å². The number of aryl methyl sites for hydroxylation is 2. The lowest BCUT2D eigenvalue weighted by Gasteiger charge is -2.11. The van der Waals surface area contributed by atoms with Crippen LogP contribution in [0.5, 0.6) is 5.75 Å². The fourth-order valence-electron chi connectivity index (χ4n) is 2.99. The number of aliphatic hydroxyl groups excluding tert-OH is 1. The number of para-hydroxylation sites is 1. The highest BCUT2D eigenvalue weighted by molar-refractivity contribution is 5.97. The van der Waals surface area contributed by atoms with E-state index in [0.717, 1.165) is 5.76 Å². The van der Waals surface area contributed by atoms with E-state index >= 15 is 0 Å². The Bertz CT molecular complexity index is 1030. The highest BCUT2D eigenvalue weighted by Crippen LogP contribution is 2.25. The molecule has 0 saturated heterocycles. The van der Waals surface area contributed by atoms with Gasteiger partial charge in [-0.15, -0.1) is 0 Å². The number of furan rings is 1. The molecule has 142 valence electrons. The lowest BCUT2D eigenvalue weighted by molar-refractivity contribution is 0.0939. The molecular weight excluding hydrogens is 350 g/mol. The third-order valence-electron chi connectivity index (χ3n) is 4.33. The minimum Gasteiger partial charge on any atom is -0.493 e. The molecule has 0 radical (unpaired) electrons. The molecule has 2 heterocycles. The van der Waals surface area contributed by atoms with Crippen LogP contribution in [-0.4, -0.2) is 24.7 Å². The van der Waals surface area contributed by atoms with Crippen molar-refractivity contribution in [3.63, 3.8) is 0 Å². The summed E-state index contributed by atoms with van der Waals surface area (Å²) in [7, 11) is 1.48. The zero-order valence-corrected chi connectivity index (χ0v) is 15.4. The number of carbonyl (C=O) groups is 1. The minimum absolute atomic E-state index is 0.0967. The van der Waals surface area contributed by atoms with Crippen LogP contribution in [0.15, 0.2) is 44.0 Å². The topological polar surface area (TPSA) is 102 Å². The summed E-state index contributed by atoms with van der Waals surface area (Å²) in [4.78, 5) is 24.5. The molecular formula is C20H21NO6. The van der Waals surface area contributed by atoms with E-state index in [1.807, 2.05) is 0 Å². The average Bonchev–Trinajstić information content (AvgIpc) is 2.98. The maximum atomic E-state index is 12.4.